The Morgan fingerprint density at radius 1 is 1.53 bits per heavy atom. The molecule has 0 saturated carbocycles. The molecule has 0 aromatic carbocycles. The van der Waals surface area contributed by atoms with Gasteiger partial charge in [0.25, 0.3) is 0 Å². The van der Waals surface area contributed by atoms with Gasteiger partial charge in [0.15, 0.2) is 0 Å². The van der Waals surface area contributed by atoms with Crippen LogP contribution in [0.1, 0.15) is 30.6 Å². The molecule has 7 heteroatoms. The van der Waals surface area contributed by atoms with Gasteiger partial charge in [-0.1, -0.05) is 6.92 Å². The van der Waals surface area contributed by atoms with Crippen molar-refractivity contribution in [2.24, 2.45) is 5.84 Å². The third kappa shape index (κ3) is 2.83. The Bertz CT molecular complexity index is 557. The molecule has 0 radical (unpaired) electrons. The number of nitrogens with one attached hydrogen (secondary N) is 1. The highest BCUT2D eigenvalue weighted by molar-refractivity contribution is 9.10. The van der Waals surface area contributed by atoms with E-state index in [9.17, 15) is 4.39 Å². The lowest BCUT2D eigenvalue weighted by molar-refractivity contribution is 0.499. The molecule has 0 aliphatic heterocycles. The van der Waals surface area contributed by atoms with E-state index in [0.717, 1.165) is 23.1 Å². The Kier molecular flexibility index (Phi) is 4.62. The largest absolute Gasteiger partial charge is 0.271 e. The van der Waals surface area contributed by atoms with Crippen LogP contribution < -0.4 is 11.3 Å². The summed E-state index contributed by atoms with van der Waals surface area (Å²) in [5.41, 5.74) is 3.88. The SMILES string of the molecule is CCCn1ncc(Br)c1C(NN)c1ccncc1F. The van der Waals surface area contributed by atoms with E-state index in [-0.39, 0.29) is 0 Å². The Labute approximate surface area is 119 Å². The smallest absolute Gasteiger partial charge is 0.146 e. The van der Waals surface area contributed by atoms with Crippen LogP contribution >= 0.6 is 15.9 Å². The second-order valence-corrected chi connectivity index (χ2v) is 4.95. The number of rotatable bonds is 5. The van der Waals surface area contributed by atoms with Crippen LogP contribution in [0.25, 0.3) is 0 Å². The van der Waals surface area contributed by atoms with Crippen LogP contribution in [0.15, 0.2) is 29.1 Å². The van der Waals surface area contributed by atoms with Crippen molar-refractivity contribution in [3.05, 3.63) is 46.2 Å². The second kappa shape index (κ2) is 6.23. The molecule has 0 spiro atoms. The molecular weight excluding hydrogens is 313 g/mol. The van der Waals surface area contributed by atoms with Crippen molar-refractivity contribution in [3.8, 4) is 0 Å². The van der Waals surface area contributed by atoms with E-state index in [1.54, 1.807) is 12.3 Å². The quantitative estimate of drug-likeness (QED) is 0.652. The zero-order valence-corrected chi connectivity index (χ0v) is 12.1. The van der Waals surface area contributed by atoms with Gasteiger partial charge in [0.05, 0.1) is 28.6 Å². The van der Waals surface area contributed by atoms with Gasteiger partial charge in [-0.2, -0.15) is 5.10 Å². The molecular formula is C12H15BrFN5. The molecule has 1 unspecified atom stereocenters. The first-order valence-electron chi connectivity index (χ1n) is 5.95. The van der Waals surface area contributed by atoms with Gasteiger partial charge in [-0.05, 0) is 28.4 Å². The molecule has 0 aliphatic rings. The second-order valence-electron chi connectivity index (χ2n) is 4.10. The summed E-state index contributed by atoms with van der Waals surface area (Å²) in [5, 5.41) is 4.27. The number of hydrogen-bond acceptors (Lipinski definition) is 4. The minimum absolute atomic E-state index is 0.401. The van der Waals surface area contributed by atoms with Crippen molar-refractivity contribution in [1.29, 1.82) is 0 Å². The fourth-order valence-corrected chi connectivity index (χ4v) is 2.51. The van der Waals surface area contributed by atoms with Gasteiger partial charge in [0.2, 0.25) is 0 Å². The van der Waals surface area contributed by atoms with Crippen molar-refractivity contribution in [2.75, 3.05) is 0 Å². The molecule has 2 rings (SSSR count). The first-order valence-corrected chi connectivity index (χ1v) is 6.75. The summed E-state index contributed by atoms with van der Waals surface area (Å²) in [6, 6.07) is 1.13. The highest BCUT2D eigenvalue weighted by Crippen LogP contribution is 2.29. The van der Waals surface area contributed by atoms with Crippen molar-refractivity contribution in [1.82, 2.24) is 20.2 Å². The van der Waals surface area contributed by atoms with E-state index in [4.69, 9.17) is 5.84 Å². The zero-order chi connectivity index (χ0) is 13.8. The Morgan fingerprint density at radius 3 is 2.95 bits per heavy atom. The number of hydrogen-bond donors (Lipinski definition) is 2. The molecule has 2 aromatic heterocycles. The molecule has 2 heterocycles. The molecule has 3 N–H and O–H groups in total. The van der Waals surface area contributed by atoms with Gasteiger partial charge in [-0.25, -0.2) is 9.82 Å². The Balaban J connectivity index is 2.48. The number of nitrogens with zero attached hydrogens (tertiary/aromatic N) is 3. The van der Waals surface area contributed by atoms with Crippen molar-refractivity contribution < 1.29 is 4.39 Å². The van der Waals surface area contributed by atoms with E-state index < -0.39 is 11.9 Å². The molecule has 0 saturated heterocycles. The van der Waals surface area contributed by atoms with Crippen LogP contribution in [0.5, 0.6) is 0 Å². The lowest BCUT2D eigenvalue weighted by Gasteiger charge is -2.19. The summed E-state index contributed by atoms with van der Waals surface area (Å²) >= 11 is 3.43. The minimum Gasteiger partial charge on any atom is -0.271 e. The average molecular weight is 328 g/mol. The fraction of sp³-hybridized carbons (Fsp3) is 0.333. The van der Waals surface area contributed by atoms with Crippen LogP contribution in [-0.2, 0) is 6.54 Å². The van der Waals surface area contributed by atoms with Gasteiger partial charge in [-0.15, -0.1) is 0 Å². The maximum atomic E-state index is 13.9. The molecule has 0 bridgehead atoms. The Hall–Kier alpha value is -1.31. The first kappa shape index (κ1) is 14.1. The highest BCUT2D eigenvalue weighted by atomic mass is 79.9. The standard InChI is InChI=1S/C12H15BrFN5/c1-2-5-19-12(9(13)6-17-19)11(18-15)8-3-4-16-7-10(8)14/h3-4,6-7,11,18H,2,5,15H2,1H3. The van der Waals surface area contributed by atoms with Gasteiger partial charge in [-0.3, -0.25) is 15.5 Å². The number of hydrazine groups is 1. The number of halogens is 2. The predicted octanol–water partition coefficient (Wildman–Crippen LogP) is 2.14. The maximum absolute atomic E-state index is 13.9. The normalized spacial score (nSPS) is 12.6. The van der Waals surface area contributed by atoms with Gasteiger partial charge < -0.3 is 0 Å². The molecule has 0 aliphatic carbocycles. The van der Waals surface area contributed by atoms with Gasteiger partial charge in [0.1, 0.15) is 5.82 Å². The molecule has 1 atom stereocenters. The molecule has 102 valence electrons. The summed E-state index contributed by atoms with van der Waals surface area (Å²) in [4.78, 5) is 3.75. The lowest BCUT2D eigenvalue weighted by Crippen LogP contribution is -2.31. The van der Waals surface area contributed by atoms with Crippen molar-refractivity contribution >= 4 is 15.9 Å². The van der Waals surface area contributed by atoms with E-state index in [1.807, 2.05) is 4.68 Å². The summed E-state index contributed by atoms with van der Waals surface area (Å²) in [6.07, 6.45) is 5.33. The van der Waals surface area contributed by atoms with Crippen molar-refractivity contribution in [2.45, 2.75) is 25.9 Å². The summed E-state index contributed by atoms with van der Waals surface area (Å²) < 4.78 is 16.5. The third-order valence-corrected chi connectivity index (χ3v) is 3.43. The minimum atomic E-state index is -0.480. The molecule has 2 aromatic rings. The van der Waals surface area contributed by atoms with Crippen molar-refractivity contribution in [3.63, 3.8) is 0 Å². The zero-order valence-electron chi connectivity index (χ0n) is 10.5. The first-order chi connectivity index (χ1) is 9.19. The van der Waals surface area contributed by atoms with Gasteiger partial charge in [0, 0.05) is 18.3 Å². The summed E-state index contributed by atoms with van der Waals surface area (Å²) in [7, 11) is 0. The van der Waals surface area contributed by atoms with E-state index >= 15 is 0 Å². The third-order valence-electron chi connectivity index (χ3n) is 2.82. The predicted molar refractivity (Wildman–Crippen MR) is 73.6 cm³/mol. The van der Waals surface area contributed by atoms with Crippen LogP contribution in [0, 0.1) is 5.82 Å². The van der Waals surface area contributed by atoms with Crippen LogP contribution in [-0.4, -0.2) is 14.8 Å². The molecule has 0 fully saturated rings. The van der Waals surface area contributed by atoms with Crippen LogP contribution in [0.4, 0.5) is 4.39 Å². The van der Waals surface area contributed by atoms with E-state index in [0.29, 0.717) is 5.56 Å². The molecule has 19 heavy (non-hydrogen) atoms. The summed E-state index contributed by atoms with van der Waals surface area (Å²) in [5.74, 6) is 5.20. The van der Waals surface area contributed by atoms with Gasteiger partial charge >= 0.3 is 0 Å². The fourth-order valence-electron chi connectivity index (χ4n) is 1.98. The average Bonchev–Trinajstić information content (AvgIpc) is 2.75. The lowest BCUT2D eigenvalue weighted by atomic mass is 10.1. The molecule has 5 nitrogen and oxygen atoms in total. The monoisotopic (exact) mass is 327 g/mol. The van der Waals surface area contributed by atoms with Crippen LogP contribution in [0.2, 0.25) is 0 Å². The molecule has 0 amide bonds. The number of aryl methyl sites for hydroxylation is 1. The van der Waals surface area contributed by atoms with E-state index in [1.165, 1.54) is 12.4 Å². The Morgan fingerprint density at radius 2 is 2.32 bits per heavy atom. The van der Waals surface area contributed by atoms with Crippen LogP contribution in [0.3, 0.4) is 0 Å². The topological polar surface area (TPSA) is 68.8 Å². The number of aromatic nitrogens is 3. The van der Waals surface area contributed by atoms with E-state index in [2.05, 4.69) is 38.4 Å². The number of nitrogens with two attached hydrogens (primary N) is 1. The number of pyridine rings is 1. The maximum Gasteiger partial charge on any atom is 0.146 e. The highest BCUT2D eigenvalue weighted by Gasteiger charge is 2.23. The summed E-state index contributed by atoms with van der Waals surface area (Å²) in [6.45, 7) is 2.79.